The zero-order chi connectivity index (χ0) is 22.7. The molecule has 7 nitrogen and oxygen atoms in total. The van der Waals surface area contributed by atoms with Gasteiger partial charge >= 0.3 is 0 Å². The maximum absolute atomic E-state index is 12.6. The monoisotopic (exact) mass is 428 g/mol. The second-order valence-electron chi connectivity index (χ2n) is 8.00. The number of benzene rings is 2. The molecule has 32 heavy (non-hydrogen) atoms. The number of anilines is 1. The number of rotatable bonds is 6. The first-order valence-corrected chi connectivity index (χ1v) is 10.4. The Bertz CT molecular complexity index is 1320. The van der Waals surface area contributed by atoms with Crippen molar-refractivity contribution in [1.29, 1.82) is 0 Å². The van der Waals surface area contributed by atoms with Crippen LogP contribution in [0, 0.1) is 6.92 Å². The Balaban J connectivity index is 1.53. The Labute approximate surface area is 185 Å². The van der Waals surface area contributed by atoms with Gasteiger partial charge in [-0.15, -0.1) is 0 Å². The van der Waals surface area contributed by atoms with Crippen molar-refractivity contribution in [3.05, 3.63) is 88.3 Å². The van der Waals surface area contributed by atoms with E-state index in [1.165, 1.54) is 10.6 Å². The summed E-state index contributed by atoms with van der Waals surface area (Å²) in [6.45, 7) is 6.05. The zero-order valence-electron chi connectivity index (χ0n) is 18.2. The molecule has 1 amide bonds. The number of aromatic nitrogens is 3. The van der Waals surface area contributed by atoms with E-state index in [2.05, 4.69) is 29.3 Å². The van der Waals surface area contributed by atoms with Gasteiger partial charge in [0.2, 0.25) is 11.7 Å². The molecule has 0 radical (unpaired) electrons. The van der Waals surface area contributed by atoms with Crippen LogP contribution in [0.4, 0.5) is 5.69 Å². The first-order chi connectivity index (χ1) is 15.4. The Hall–Kier alpha value is -4.00. The molecule has 0 bridgehead atoms. The molecule has 0 saturated carbocycles. The van der Waals surface area contributed by atoms with E-state index in [0.29, 0.717) is 23.0 Å². The lowest BCUT2D eigenvalue weighted by molar-refractivity contribution is -0.116. The smallest absolute Gasteiger partial charge is 0.259 e. The van der Waals surface area contributed by atoms with Crippen molar-refractivity contribution in [3.63, 3.8) is 0 Å². The number of carbonyl (C=O) groups excluding carboxylic acids is 1. The van der Waals surface area contributed by atoms with Crippen LogP contribution in [0.1, 0.15) is 30.9 Å². The van der Waals surface area contributed by atoms with E-state index in [9.17, 15) is 9.59 Å². The van der Waals surface area contributed by atoms with Crippen LogP contribution in [0.5, 0.6) is 0 Å². The van der Waals surface area contributed by atoms with Crippen molar-refractivity contribution in [1.82, 2.24) is 14.7 Å². The highest BCUT2D eigenvalue weighted by atomic mass is 16.5. The molecule has 0 fully saturated rings. The first-order valence-electron chi connectivity index (χ1n) is 10.4. The minimum atomic E-state index is -0.295. The van der Waals surface area contributed by atoms with Crippen molar-refractivity contribution in [2.75, 3.05) is 5.32 Å². The summed E-state index contributed by atoms with van der Waals surface area (Å²) in [5.41, 5.74) is 4.03. The van der Waals surface area contributed by atoms with Gasteiger partial charge in [-0.2, -0.15) is 4.98 Å². The highest BCUT2D eigenvalue weighted by Crippen LogP contribution is 2.22. The predicted molar refractivity (Wildman–Crippen MR) is 123 cm³/mol. The summed E-state index contributed by atoms with van der Waals surface area (Å²) in [4.78, 5) is 29.3. The number of hydrogen-bond donors (Lipinski definition) is 1. The average molecular weight is 428 g/mol. The second kappa shape index (κ2) is 9.01. The number of aryl methyl sites for hydroxylation is 1. The molecule has 0 saturated heterocycles. The maximum atomic E-state index is 12.6. The van der Waals surface area contributed by atoms with Gasteiger partial charge in [-0.1, -0.05) is 54.9 Å². The number of hydrogen-bond acceptors (Lipinski definition) is 5. The van der Waals surface area contributed by atoms with Gasteiger partial charge in [0.1, 0.15) is 6.54 Å². The molecule has 2 aromatic carbocycles. The van der Waals surface area contributed by atoms with Gasteiger partial charge < -0.3 is 14.4 Å². The van der Waals surface area contributed by atoms with Gasteiger partial charge in [0, 0.05) is 23.5 Å². The third-order valence-corrected chi connectivity index (χ3v) is 5.08. The summed E-state index contributed by atoms with van der Waals surface area (Å²) < 4.78 is 6.73. The topological polar surface area (TPSA) is 90.0 Å². The first kappa shape index (κ1) is 21.2. The summed E-state index contributed by atoms with van der Waals surface area (Å²) in [5.74, 6) is 0.797. The summed E-state index contributed by atoms with van der Waals surface area (Å²) in [5, 5.41) is 6.90. The van der Waals surface area contributed by atoms with Gasteiger partial charge in [0.05, 0.1) is 5.56 Å². The molecule has 4 aromatic rings. The van der Waals surface area contributed by atoms with Crippen molar-refractivity contribution >= 4 is 11.6 Å². The fraction of sp³-hybridized carbons (Fsp3) is 0.200. The van der Waals surface area contributed by atoms with Crippen LogP contribution in [0.3, 0.4) is 0 Å². The molecule has 2 heterocycles. The molecule has 162 valence electrons. The number of nitrogens with zero attached hydrogens (tertiary/aromatic N) is 3. The fourth-order valence-electron chi connectivity index (χ4n) is 3.35. The van der Waals surface area contributed by atoms with Gasteiger partial charge in [-0.25, -0.2) is 0 Å². The van der Waals surface area contributed by atoms with Crippen LogP contribution >= 0.6 is 0 Å². The molecule has 0 atom stereocenters. The lowest BCUT2D eigenvalue weighted by atomic mass is 10.0. The summed E-state index contributed by atoms with van der Waals surface area (Å²) in [7, 11) is 0. The minimum absolute atomic E-state index is 0.128. The normalized spacial score (nSPS) is 11.0. The third-order valence-electron chi connectivity index (χ3n) is 5.08. The van der Waals surface area contributed by atoms with E-state index in [0.717, 1.165) is 16.7 Å². The molecule has 0 aliphatic heterocycles. The summed E-state index contributed by atoms with van der Waals surface area (Å²) >= 11 is 0. The Morgan fingerprint density at radius 1 is 1.06 bits per heavy atom. The predicted octanol–water partition coefficient (Wildman–Crippen LogP) is 4.64. The largest absolute Gasteiger partial charge is 0.334 e. The lowest BCUT2D eigenvalue weighted by Crippen LogP contribution is -2.26. The van der Waals surface area contributed by atoms with E-state index in [-0.39, 0.29) is 23.9 Å². The van der Waals surface area contributed by atoms with Crippen LogP contribution in [0.25, 0.3) is 22.8 Å². The van der Waals surface area contributed by atoms with Crippen molar-refractivity contribution < 1.29 is 9.32 Å². The van der Waals surface area contributed by atoms with E-state index in [4.69, 9.17) is 4.52 Å². The highest BCUT2D eigenvalue weighted by molar-refractivity contribution is 5.90. The van der Waals surface area contributed by atoms with E-state index < -0.39 is 0 Å². The number of nitrogens with one attached hydrogen (secondary N) is 1. The molecule has 0 spiro atoms. The quantitative estimate of drug-likeness (QED) is 0.483. The lowest BCUT2D eigenvalue weighted by Gasteiger charge is -2.11. The maximum Gasteiger partial charge on any atom is 0.259 e. The molecule has 0 aliphatic carbocycles. The molecular formula is C25H24N4O3. The average Bonchev–Trinajstić information content (AvgIpc) is 3.26. The van der Waals surface area contributed by atoms with Gasteiger partial charge in [-0.3, -0.25) is 9.59 Å². The molecular weight excluding hydrogens is 404 g/mol. The van der Waals surface area contributed by atoms with Gasteiger partial charge in [0.15, 0.2) is 0 Å². The van der Waals surface area contributed by atoms with E-state index in [1.807, 2.05) is 55.5 Å². The Morgan fingerprint density at radius 3 is 2.66 bits per heavy atom. The van der Waals surface area contributed by atoms with Gasteiger partial charge in [0.25, 0.3) is 11.4 Å². The molecule has 2 aromatic heterocycles. The van der Waals surface area contributed by atoms with Crippen LogP contribution < -0.4 is 10.9 Å². The fourth-order valence-corrected chi connectivity index (χ4v) is 3.35. The molecule has 0 unspecified atom stereocenters. The third kappa shape index (κ3) is 4.83. The Morgan fingerprint density at radius 2 is 1.88 bits per heavy atom. The second-order valence-corrected chi connectivity index (χ2v) is 8.00. The van der Waals surface area contributed by atoms with Crippen molar-refractivity contribution in [3.8, 4) is 22.8 Å². The number of pyridine rings is 1. The van der Waals surface area contributed by atoms with Crippen LogP contribution in [-0.4, -0.2) is 20.6 Å². The van der Waals surface area contributed by atoms with E-state index >= 15 is 0 Å². The zero-order valence-corrected chi connectivity index (χ0v) is 18.2. The summed E-state index contributed by atoms with van der Waals surface area (Å²) in [6.07, 6.45) is 1.56. The van der Waals surface area contributed by atoms with Crippen LogP contribution in [-0.2, 0) is 11.3 Å². The molecule has 7 heteroatoms. The summed E-state index contributed by atoms with van der Waals surface area (Å²) in [6, 6.07) is 18.5. The SMILES string of the molecule is Cc1cccc(-c2noc(-c3ccc(=O)n(CC(=O)Nc4cccc(C(C)C)c4)c3)n2)c1. The Kier molecular flexibility index (Phi) is 5.98. The molecule has 0 aliphatic rings. The van der Waals surface area contributed by atoms with Crippen molar-refractivity contribution in [2.45, 2.75) is 33.2 Å². The minimum Gasteiger partial charge on any atom is -0.334 e. The molecule has 4 rings (SSSR count). The highest BCUT2D eigenvalue weighted by Gasteiger charge is 2.13. The van der Waals surface area contributed by atoms with Crippen LogP contribution in [0.2, 0.25) is 0 Å². The van der Waals surface area contributed by atoms with Gasteiger partial charge in [-0.05, 0) is 42.7 Å². The number of carbonyl (C=O) groups is 1. The van der Waals surface area contributed by atoms with E-state index in [1.54, 1.807) is 12.3 Å². The van der Waals surface area contributed by atoms with Crippen molar-refractivity contribution in [2.24, 2.45) is 0 Å². The van der Waals surface area contributed by atoms with Crippen LogP contribution in [0.15, 0.2) is 76.2 Å². The molecule has 1 N–H and O–H groups in total. The standard InChI is InChI=1S/C25H24N4O3/c1-16(2)18-7-5-9-21(13-18)26-22(30)15-29-14-20(10-11-23(29)31)25-27-24(28-32-25)19-8-4-6-17(3)12-19/h4-14,16H,15H2,1-3H3,(H,26,30). The number of amides is 1.